The zero-order valence-electron chi connectivity index (χ0n) is 11.2. The Morgan fingerprint density at radius 1 is 1.42 bits per heavy atom. The van der Waals surface area contributed by atoms with Gasteiger partial charge in [-0.1, -0.05) is 31.5 Å². The number of amides is 1. The van der Waals surface area contributed by atoms with Crippen molar-refractivity contribution in [2.24, 2.45) is 0 Å². The topological polar surface area (TPSA) is 57.6 Å². The van der Waals surface area contributed by atoms with E-state index in [-0.39, 0.29) is 0 Å². The number of carbonyl (C=O) groups excluding carboxylic acids is 1. The van der Waals surface area contributed by atoms with Crippen LogP contribution in [-0.4, -0.2) is 33.2 Å². The van der Waals surface area contributed by atoms with Crippen LogP contribution in [0.1, 0.15) is 25.3 Å². The van der Waals surface area contributed by atoms with Crippen LogP contribution in [0.25, 0.3) is 6.08 Å². The van der Waals surface area contributed by atoms with Gasteiger partial charge >= 0.3 is 0 Å². The molecule has 4 nitrogen and oxygen atoms in total. The smallest absolute Gasteiger partial charge is 0.269 e. The maximum atomic E-state index is 12.1. The number of carbonyl (C=O) groups is 1. The molecule has 1 unspecified atom stereocenters. The highest BCUT2D eigenvalue weighted by Gasteiger charge is 2.07. The van der Waals surface area contributed by atoms with Crippen LogP contribution in [0.5, 0.6) is 0 Å². The van der Waals surface area contributed by atoms with Gasteiger partial charge in [-0.25, -0.2) is 5.06 Å². The Morgan fingerprint density at radius 3 is 2.74 bits per heavy atom. The summed E-state index contributed by atoms with van der Waals surface area (Å²) in [7, 11) is 0.203. The van der Waals surface area contributed by atoms with Crippen LogP contribution >= 0.6 is 0 Å². The predicted octanol–water partition coefficient (Wildman–Crippen LogP) is 2.46. The number of nitrogens with zero attached hydrogens (tertiary/aromatic N) is 1. The van der Waals surface area contributed by atoms with Crippen LogP contribution < -0.4 is 0 Å². The number of unbranched alkanes of at least 4 members (excludes halogenated alkanes) is 1. The van der Waals surface area contributed by atoms with E-state index >= 15 is 0 Å². The van der Waals surface area contributed by atoms with Gasteiger partial charge < -0.3 is 0 Å². The number of hydroxylamine groups is 2. The second-order valence-corrected chi connectivity index (χ2v) is 5.68. The van der Waals surface area contributed by atoms with Crippen molar-refractivity contribution in [2.45, 2.75) is 24.7 Å². The Bertz CT molecular complexity index is 483. The standard InChI is InChI=1S/C14H19NO3S/c1-3-4-11-19(18)13-8-6-5-7-12(13)9-10-14(16)15(2)17/h5-10,17H,3-4,11H2,1-2H3/b10-9+. The fourth-order valence-electron chi connectivity index (χ4n) is 1.48. The van der Waals surface area contributed by atoms with Crippen LogP contribution in [0.15, 0.2) is 35.2 Å². The molecule has 0 aliphatic rings. The van der Waals surface area contributed by atoms with Gasteiger partial charge in [0.15, 0.2) is 0 Å². The summed E-state index contributed by atoms with van der Waals surface area (Å²) >= 11 is 0. The summed E-state index contributed by atoms with van der Waals surface area (Å²) in [4.78, 5) is 12.0. The summed E-state index contributed by atoms with van der Waals surface area (Å²) in [6.07, 6.45) is 4.74. The highest BCUT2D eigenvalue weighted by molar-refractivity contribution is 7.85. The van der Waals surface area contributed by atoms with E-state index in [1.165, 1.54) is 13.1 Å². The Kier molecular flexibility index (Phi) is 6.45. The first kappa shape index (κ1) is 15.6. The summed E-state index contributed by atoms with van der Waals surface area (Å²) in [6.45, 7) is 2.05. The summed E-state index contributed by atoms with van der Waals surface area (Å²) < 4.78 is 12.1. The predicted molar refractivity (Wildman–Crippen MR) is 76.2 cm³/mol. The maximum Gasteiger partial charge on any atom is 0.269 e. The van der Waals surface area contributed by atoms with Gasteiger partial charge in [0.25, 0.3) is 5.91 Å². The fraction of sp³-hybridized carbons (Fsp3) is 0.357. The Morgan fingerprint density at radius 2 is 2.11 bits per heavy atom. The van der Waals surface area contributed by atoms with Gasteiger partial charge in [0.05, 0.1) is 10.8 Å². The van der Waals surface area contributed by atoms with E-state index in [0.717, 1.165) is 23.3 Å². The van der Waals surface area contributed by atoms with E-state index in [2.05, 4.69) is 6.92 Å². The van der Waals surface area contributed by atoms with Crippen molar-refractivity contribution < 1.29 is 14.2 Å². The van der Waals surface area contributed by atoms with E-state index in [1.54, 1.807) is 18.2 Å². The Balaban J connectivity index is 2.90. The lowest BCUT2D eigenvalue weighted by Crippen LogP contribution is -2.19. The molecule has 0 radical (unpaired) electrons. The molecule has 0 spiro atoms. The molecule has 1 aromatic rings. The molecule has 1 N–H and O–H groups in total. The maximum absolute atomic E-state index is 12.1. The van der Waals surface area contributed by atoms with E-state index in [1.807, 2.05) is 12.1 Å². The van der Waals surface area contributed by atoms with Crippen LogP contribution in [-0.2, 0) is 15.6 Å². The molecule has 1 atom stereocenters. The zero-order valence-corrected chi connectivity index (χ0v) is 12.0. The quantitative estimate of drug-likeness (QED) is 0.495. The summed E-state index contributed by atoms with van der Waals surface area (Å²) in [6, 6.07) is 7.27. The molecule has 0 aliphatic carbocycles. The Hall–Kier alpha value is -1.46. The zero-order chi connectivity index (χ0) is 14.3. The molecule has 0 saturated carbocycles. The van der Waals surface area contributed by atoms with Gasteiger partial charge in [0, 0.05) is 23.8 Å². The summed E-state index contributed by atoms with van der Waals surface area (Å²) in [5.41, 5.74) is 0.743. The van der Waals surface area contributed by atoms with Gasteiger partial charge in [-0.2, -0.15) is 0 Å². The number of hydrogen-bond acceptors (Lipinski definition) is 3. The molecular formula is C14H19NO3S. The van der Waals surface area contributed by atoms with Crippen molar-refractivity contribution in [3.8, 4) is 0 Å². The first-order valence-corrected chi connectivity index (χ1v) is 7.50. The highest BCUT2D eigenvalue weighted by atomic mass is 32.2. The lowest BCUT2D eigenvalue weighted by Gasteiger charge is -2.06. The van der Waals surface area contributed by atoms with Crippen LogP contribution in [0.3, 0.4) is 0 Å². The molecule has 0 saturated heterocycles. The minimum absolute atomic E-state index is 0.507. The molecule has 1 aromatic carbocycles. The largest absolute Gasteiger partial charge is 0.286 e. The monoisotopic (exact) mass is 281 g/mol. The van der Waals surface area contributed by atoms with Crippen molar-refractivity contribution in [2.75, 3.05) is 12.8 Å². The summed E-state index contributed by atoms with van der Waals surface area (Å²) in [5, 5.41) is 9.47. The van der Waals surface area contributed by atoms with Gasteiger partial charge in [-0.05, 0) is 24.1 Å². The number of benzene rings is 1. The van der Waals surface area contributed by atoms with Crippen molar-refractivity contribution in [3.05, 3.63) is 35.9 Å². The fourth-order valence-corrected chi connectivity index (χ4v) is 2.88. The van der Waals surface area contributed by atoms with Gasteiger partial charge in [-0.15, -0.1) is 0 Å². The molecule has 0 bridgehead atoms. The van der Waals surface area contributed by atoms with Crippen LogP contribution in [0.2, 0.25) is 0 Å². The van der Waals surface area contributed by atoms with Crippen molar-refractivity contribution in [3.63, 3.8) is 0 Å². The third-order valence-electron chi connectivity index (χ3n) is 2.57. The lowest BCUT2D eigenvalue weighted by molar-refractivity contribution is -0.153. The summed E-state index contributed by atoms with van der Waals surface area (Å²) in [5.74, 6) is 0.101. The molecule has 19 heavy (non-hydrogen) atoms. The van der Waals surface area contributed by atoms with E-state index in [0.29, 0.717) is 10.8 Å². The molecule has 5 heteroatoms. The molecule has 0 fully saturated rings. The first-order chi connectivity index (χ1) is 9.06. The SMILES string of the molecule is CCCCS(=O)c1ccccc1/C=C/C(=O)N(C)O. The van der Waals surface area contributed by atoms with E-state index in [9.17, 15) is 9.00 Å². The molecule has 0 aromatic heterocycles. The highest BCUT2D eigenvalue weighted by Crippen LogP contribution is 2.16. The Labute approximate surface area is 116 Å². The van der Waals surface area contributed by atoms with E-state index < -0.39 is 16.7 Å². The molecular weight excluding hydrogens is 262 g/mol. The molecule has 1 amide bonds. The van der Waals surface area contributed by atoms with Crippen molar-refractivity contribution in [1.29, 1.82) is 0 Å². The van der Waals surface area contributed by atoms with Crippen molar-refractivity contribution >= 4 is 22.8 Å². The number of likely N-dealkylation sites (N-methyl/N-ethyl adjacent to an activating group) is 1. The van der Waals surface area contributed by atoms with Crippen LogP contribution in [0, 0.1) is 0 Å². The number of rotatable bonds is 6. The third kappa shape index (κ3) is 4.96. The number of hydrogen-bond donors (Lipinski definition) is 1. The normalized spacial score (nSPS) is 12.6. The van der Waals surface area contributed by atoms with Gasteiger partial charge in [0.2, 0.25) is 0 Å². The second kappa shape index (κ2) is 7.86. The minimum atomic E-state index is -1.06. The molecule has 0 heterocycles. The van der Waals surface area contributed by atoms with E-state index in [4.69, 9.17) is 5.21 Å². The molecule has 104 valence electrons. The molecule has 1 rings (SSSR count). The third-order valence-corrected chi connectivity index (χ3v) is 4.09. The molecule has 0 aliphatic heterocycles. The van der Waals surface area contributed by atoms with Crippen LogP contribution in [0.4, 0.5) is 0 Å². The van der Waals surface area contributed by atoms with Gasteiger partial charge in [0.1, 0.15) is 0 Å². The first-order valence-electron chi connectivity index (χ1n) is 6.18. The van der Waals surface area contributed by atoms with Crippen molar-refractivity contribution in [1.82, 2.24) is 5.06 Å². The average molecular weight is 281 g/mol. The minimum Gasteiger partial charge on any atom is -0.286 e. The average Bonchev–Trinajstić information content (AvgIpc) is 2.42. The second-order valence-electron chi connectivity index (χ2n) is 4.14. The van der Waals surface area contributed by atoms with Gasteiger partial charge in [-0.3, -0.25) is 14.2 Å². The lowest BCUT2D eigenvalue weighted by atomic mass is 10.2.